The smallest absolute Gasteiger partial charge is 0.214 e. The van der Waals surface area contributed by atoms with Crippen LogP contribution in [-0.4, -0.2) is 42.7 Å². The molecule has 0 aromatic heterocycles. The van der Waals surface area contributed by atoms with Crippen LogP contribution in [0.2, 0.25) is 0 Å². The largest absolute Gasteiger partial charge is 0.360 e. The first-order valence-electron chi connectivity index (χ1n) is 8.13. The Kier molecular flexibility index (Phi) is 6.54. The van der Waals surface area contributed by atoms with Crippen molar-refractivity contribution in [1.82, 2.24) is 9.62 Å². The molecular weight excluding hydrogens is 349 g/mol. The molecule has 0 saturated carbocycles. The van der Waals surface area contributed by atoms with E-state index < -0.39 is 10.0 Å². The van der Waals surface area contributed by atoms with Crippen LogP contribution in [0.15, 0.2) is 18.2 Å². The zero-order valence-electron chi connectivity index (χ0n) is 14.0. The Bertz CT molecular complexity index is 687. The number of hydrogen-bond acceptors (Lipinski definition) is 3. The van der Waals surface area contributed by atoms with Crippen molar-refractivity contribution in [3.63, 3.8) is 0 Å². The molecule has 1 aliphatic heterocycles. The van der Waals surface area contributed by atoms with Gasteiger partial charge in [-0.25, -0.2) is 17.1 Å². The van der Waals surface area contributed by atoms with E-state index in [9.17, 15) is 12.8 Å². The van der Waals surface area contributed by atoms with Crippen LogP contribution in [0.4, 0.5) is 10.1 Å². The molecule has 0 aliphatic carbocycles. The van der Waals surface area contributed by atoms with E-state index in [0.29, 0.717) is 48.7 Å². The van der Waals surface area contributed by atoms with Crippen molar-refractivity contribution in [2.75, 3.05) is 24.2 Å². The van der Waals surface area contributed by atoms with Crippen LogP contribution in [0.5, 0.6) is 0 Å². The highest BCUT2D eigenvalue weighted by molar-refractivity contribution is 7.89. The van der Waals surface area contributed by atoms with E-state index in [1.54, 1.807) is 23.4 Å². The van der Waals surface area contributed by atoms with Crippen LogP contribution in [0.25, 0.3) is 0 Å². The van der Waals surface area contributed by atoms with Crippen LogP contribution in [0.3, 0.4) is 0 Å². The summed E-state index contributed by atoms with van der Waals surface area (Å²) in [7, 11) is -3.13. The summed E-state index contributed by atoms with van der Waals surface area (Å²) in [6.07, 6.45) is 2.03. The zero-order valence-corrected chi connectivity index (χ0v) is 15.6. The standard InChI is InChI=1S/C16H24FN3O2S2/c1-3-10-24(21,22)20-8-6-13(7-9-20)18-16(23)19-14-5-4-12(2)15(17)11-14/h4-5,11,13H,3,6-10H2,1-2H3,(H2,18,19,23). The fourth-order valence-corrected chi connectivity index (χ4v) is 4.51. The van der Waals surface area contributed by atoms with Crippen molar-refractivity contribution in [3.05, 3.63) is 29.6 Å². The van der Waals surface area contributed by atoms with Gasteiger partial charge in [0.15, 0.2) is 5.11 Å². The molecule has 2 rings (SSSR count). The first kappa shape index (κ1) is 19.1. The molecule has 1 aromatic rings. The fraction of sp³-hybridized carbons (Fsp3) is 0.562. The summed E-state index contributed by atoms with van der Waals surface area (Å²) in [4.78, 5) is 0. The lowest BCUT2D eigenvalue weighted by atomic mass is 10.1. The van der Waals surface area contributed by atoms with Gasteiger partial charge in [0.1, 0.15) is 5.82 Å². The summed E-state index contributed by atoms with van der Waals surface area (Å²) >= 11 is 5.26. The number of piperidine rings is 1. The molecule has 1 saturated heterocycles. The second-order valence-corrected chi connectivity index (χ2v) is 8.55. The number of hydrogen-bond donors (Lipinski definition) is 2. The Labute approximate surface area is 148 Å². The highest BCUT2D eigenvalue weighted by Gasteiger charge is 2.27. The van der Waals surface area contributed by atoms with Crippen LogP contribution in [-0.2, 0) is 10.0 Å². The van der Waals surface area contributed by atoms with Gasteiger partial charge >= 0.3 is 0 Å². The maximum atomic E-state index is 13.5. The van der Waals surface area contributed by atoms with E-state index in [0.717, 1.165) is 0 Å². The number of benzene rings is 1. The SMILES string of the molecule is CCCS(=O)(=O)N1CCC(NC(=S)Nc2ccc(C)c(F)c2)CC1. The molecule has 1 fully saturated rings. The number of halogens is 1. The molecule has 1 aromatic carbocycles. The molecule has 0 bridgehead atoms. The average Bonchev–Trinajstić information content (AvgIpc) is 2.51. The molecular formula is C16H24FN3O2S2. The van der Waals surface area contributed by atoms with Crippen molar-refractivity contribution in [1.29, 1.82) is 0 Å². The molecule has 2 N–H and O–H groups in total. The Morgan fingerprint density at radius 2 is 2.04 bits per heavy atom. The second-order valence-electron chi connectivity index (χ2n) is 6.05. The molecule has 0 unspecified atom stereocenters. The van der Waals surface area contributed by atoms with E-state index in [1.165, 1.54) is 6.07 Å². The zero-order chi connectivity index (χ0) is 17.7. The number of thiocarbonyl (C=S) groups is 1. The van der Waals surface area contributed by atoms with Crippen molar-refractivity contribution in [2.24, 2.45) is 0 Å². The minimum Gasteiger partial charge on any atom is -0.360 e. The van der Waals surface area contributed by atoms with Crippen molar-refractivity contribution >= 4 is 33.0 Å². The minimum absolute atomic E-state index is 0.119. The Morgan fingerprint density at radius 1 is 1.38 bits per heavy atom. The molecule has 1 aliphatic rings. The highest BCUT2D eigenvalue weighted by Crippen LogP contribution is 2.16. The lowest BCUT2D eigenvalue weighted by molar-refractivity contribution is 0.308. The van der Waals surface area contributed by atoms with Crippen LogP contribution in [0.1, 0.15) is 31.7 Å². The average molecular weight is 374 g/mol. The number of nitrogens with zero attached hydrogens (tertiary/aromatic N) is 1. The van der Waals surface area contributed by atoms with E-state index in [4.69, 9.17) is 12.2 Å². The third-order valence-electron chi connectivity index (χ3n) is 4.07. The number of sulfonamides is 1. The van der Waals surface area contributed by atoms with E-state index in [2.05, 4.69) is 10.6 Å². The molecule has 8 heteroatoms. The van der Waals surface area contributed by atoms with Crippen molar-refractivity contribution in [3.8, 4) is 0 Å². The number of nitrogens with one attached hydrogen (secondary N) is 2. The Morgan fingerprint density at radius 3 is 2.62 bits per heavy atom. The number of aryl methyl sites for hydroxylation is 1. The van der Waals surface area contributed by atoms with Crippen LogP contribution in [0, 0.1) is 12.7 Å². The van der Waals surface area contributed by atoms with Crippen LogP contribution >= 0.6 is 12.2 Å². The third kappa shape index (κ3) is 5.12. The predicted molar refractivity (Wildman–Crippen MR) is 99.2 cm³/mol. The molecule has 0 amide bonds. The summed E-state index contributed by atoms with van der Waals surface area (Å²) in [5.74, 6) is -0.0819. The lowest BCUT2D eigenvalue weighted by Gasteiger charge is -2.32. The first-order chi connectivity index (χ1) is 11.3. The third-order valence-corrected chi connectivity index (χ3v) is 6.37. The summed E-state index contributed by atoms with van der Waals surface area (Å²) in [6.45, 7) is 4.57. The molecule has 1 heterocycles. The molecule has 24 heavy (non-hydrogen) atoms. The number of rotatable bonds is 5. The second kappa shape index (κ2) is 8.22. The quantitative estimate of drug-likeness (QED) is 0.777. The van der Waals surface area contributed by atoms with Gasteiger partial charge in [0.2, 0.25) is 10.0 Å². The maximum absolute atomic E-state index is 13.5. The normalized spacial score (nSPS) is 16.8. The lowest BCUT2D eigenvalue weighted by Crippen LogP contribution is -2.47. The van der Waals surface area contributed by atoms with Crippen LogP contribution < -0.4 is 10.6 Å². The topological polar surface area (TPSA) is 61.4 Å². The maximum Gasteiger partial charge on any atom is 0.214 e. The first-order valence-corrected chi connectivity index (χ1v) is 10.1. The summed E-state index contributed by atoms with van der Waals surface area (Å²) in [5, 5.41) is 6.57. The van der Waals surface area contributed by atoms with Gasteiger partial charge in [-0.05, 0) is 56.1 Å². The van der Waals surface area contributed by atoms with Gasteiger partial charge in [-0.2, -0.15) is 0 Å². The summed E-state index contributed by atoms with van der Waals surface area (Å²) < 4.78 is 39.2. The van der Waals surface area contributed by atoms with Gasteiger partial charge < -0.3 is 10.6 Å². The monoisotopic (exact) mass is 373 g/mol. The molecule has 0 atom stereocenters. The highest BCUT2D eigenvalue weighted by atomic mass is 32.2. The summed E-state index contributed by atoms with van der Waals surface area (Å²) in [5.41, 5.74) is 1.18. The molecule has 0 radical (unpaired) electrons. The van der Waals surface area contributed by atoms with E-state index in [-0.39, 0.29) is 17.6 Å². The Balaban J connectivity index is 1.83. The predicted octanol–water partition coefficient (Wildman–Crippen LogP) is 2.62. The van der Waals surface area contributed by atoms with Gasteiger partial charge in [0, 0.05) is 24.8 Å². The molecule has 5 nitrogen and oxygen atoms in total. The summed E-state index contributed by atoms with van der Waals surface area (Å²) in [6, 6.07) is 4.99. The van der Waals surface area contributed by atoms with Crippen molar-refractivity contribution in [2.45, 2.75) is 39.2 Å². The van der Waals surface area contributed by atoms with E-state index >= 15 is 0 Å². The van der Waals surface area contributed by atoms with E-state index in [1.807, 2.05) is 6.92 Å². The number of anilines is 1. The molecule has 134 valence electrons. The minimum atomic E-state index is -3.13. The van der Waals surface area contributed by atoms with Crippen molar-refractivity contribution < 1.29 is 12.8 Å². The van der Waals surface area contributed by atoms with Gasteiger partial charge in [0.05, 0.1) is 5.75 Å². The van der Waals surface area contributed by atoms with Gasteiger partial charge in [-0.3, -0.25) is 0 Å². The van der Waals surface area contributed by atoms with Gasteiger partial charge in [-0.15, -0.1) is 0 Å². The fourth-order valence-electron chi connectivity index (χ4n) is 2.69. The Hall–Kier alpha value is -1.25. The van der Waals surface area contributed by atoms with Gasteiger partial charge in [0.25, 0.3) is 0 Å². The molecule has 0 spiro atoms. The van der Waals surface area contributed by atoms with Gasteiger partial charge in [-0.1, -0.05) is 13.0 Å².